The number of carbonyl (C=O) groups is 1. The smallest absolute Gasteiger partial charge is 0.272 e. The molecule has 4 aromatic rings. The van der Waals surface area contributed by atoms with Crippen LogP contribution in [0.2, 0.25) is 0 Å². The summed E-state index contributed by atoms with van der Waals surface area (Å²) in [7, 11) is 1.60. The van der Waals surface area contributed by atoms with Crippen molar-refractivity contribution in [3.63, 3.8) is 0 Å². The summed E-state index contributed by atoms with van der Waals surface area (Å²) in [5, 5.41) is 15.8. The van der Waals surface area contributed by atoms with Gasteiger partial charge in [-0.2, -0.15) is 14.9 Å². The molecule has 184 valence electrons. The van der Waals surface area contributed by atoms with Gasteiger partial charge in [-0.3, -0.25) is 4.79 Å². The Kier molecular flexibility index (Phi) is 6.32. The summed E-state index contributed by atoms with van der Waals surface area (Å²) < 4.78 is 26.2. The summed E-state index contributed by atoms with van der Waals surface area (Å²) in [4.78, 5) is 17.4. The van der Waals surface area contributed by atoms with Crippen LogP contribution in [0, 0.1) is 12.7 Å². The molecule has 5 rings (SSSR count). The molecular formula is C26H25FN6O3. The number of nitrogens with one attached hydrogen (secondary N) is 1. The molecule has 1 amide bonds. The van der Waals surface area contributed by atoms with E-state index in [1.54, 1.807) is 19.2 Å². The van der Waals surface area contributed by atoms with Gasteiger partial charge in [0.25, 0.3) is 5.95 Å². The lowest BCUT2D eigenvalue weighted by Crippen LogP contribution is -2.25. The van der Waals surface area contributed by atoms with E-state index in [1.165, 1.54) is 23.0 Å². The fourth-order valence-corrected chi connectivity index (χ4v) is 4.36. The third-order valence-corrected chi connectivity index (χ3v) is 6.03. The Labute approximate surface area is 207 Å². The molecule has 9 nitrogen and oxygen atoms in total. The van der Waals surface area contributed by atoms with E-state index < -0.39 is 0 Å². The van der Waals surface area contributed by atoms with Gasteiger partial charge in [-0.25, -0.2) is 9.37 Å². The van der Waals surface area contributed by atoms with Crippen LogP contribution < -0.4 is 14.8 Å². The van der Waals surface area contributed by atoms with Crippen molar-refractivity contribution in [2.45, 2.75) is 32.6 Å². The minimum absolute atomic E-state index is 0.150. The van der Waals surface area contributed by atoms with Crippen LogP contribution in [-0.4, -0.2) is 44.6 Å². The SMILES string of the molecule is CCCOc1cc([C@@H]2CC(=O)Nc3c2c(C)nn3-c2nncc(-c3ccc(F)cc3)n2)ccc1OC. The van der Waals surface area contributed by atoms with Crippen molar-refractivity contribution in [1.29, 1.82) is 0 Å². The predicted molar refractivity (Wildman–Crippen MR) is 131 cm³/mol. The molecule has 0 unspecified atom stereocenters. The molecule has 0 aliphatic carbocycles. The fourth-order valence-electron chi connectivity index (χ4n) is 4.36. The molecule has 2 aromatic heterocycles. The van der Waals surface area contributed by atoms with E-state index in [4.69, 9.17) is 9.47 Å². The first-order valence-corrected chi connectivity index (χ1v) is 11.6. The Bertz CT molecular complexity index is 1420. The molecule has 1 aliphatic heterocycles. The van der Waals surface area contributed by atoms with Crippen molar-refractivity contribution in [2.24, 2.45) is 0 Å². The van der Waals surface area contributed by atoms with Crippen LogP contribution >= 0.6 is 0 Å². The zero-order chi connectivity index (χ0) is 25.2. The lowest BCUT2D eigenvalue weighted by molar-refractivity contribution is -0.116. The quantitative estimate of drug-likeness (QED) is 0.410. The van der Waals surface area contributed by atoms with E-state index in [9.17, 15) is 9.18 Å². The molecule has 0 spiro atoms. The monoisotopic (exact) mass is 488 g/mol. The number of amides is 1. The number of fused-ring (bicyclic) bond motifs is 1. The molecule has 0 saturated heterocycles. The lowest BCUT2D eigenvalue weighted by atomic mass is 9.85. The minimum atomic E-state index is -0.340. The highest BCUT2D eigenvalue weighted by Crippen LogP contribution is 2.42. The Morgan fingerprint density at radius 1 is 1.17 bits per heavy atom. The van der Waals surface area contributed by atoms with E-state index in [0.29, 0.717) is 35.2 Å². The highest BCUT2D eigenvalue weighted by Gasteiger charge is 2.34. The number of anilines is 1. The van der Waals surface area contributed by atoms with E-state index in [-0.39, 0.29) is 30.0 Å². The zero-order valence-electron chi connectivity index (χ0n) is 20.2. The van der Waals surface area contributed by atoms with Gasteiger partial charge in [0, 0.05) is 23.5 Å². The van der Waals surface area contributed by atoms with E-state index in [2.05, 4.69) is 25.6 Å². The highest BCUT2D eigenvalue weighted by atomic mass is 19.1. The molecule has 1 atom stereocenters. The zero-order valence-corrected chi connectivity index (χ0v) is 20.2. The number of benzene rings is 2. The molecule has 10 heteroatoms. The van der Waals surface area contributed by atoms with Crippen LogP contribution in [0.15, 0.2) is 48.7 Å². The summed E-state index contributed by atoms with van der Waals surface area (Å²) >= 11 is 0. The number of nitrogens with zero attached hydrogens (tertiary/aromatic N) is 5. The van der Waals surface area contributed by atoms with Crippen molar-refractivity contribution < 1.29 is 18.7 Å². The molecule has 36 heavy (non-hydrogen) atoms. The van der Waals surface area contributed by atoms with Crippen LogP contribution in [0.4, 0.5) is 10.2 Å². The first-order chi connectivity index (χ1) is 17.5. The van der Waals surface area contributed by atoms with Gasteiger partial charge in [-0.05, 0) is 55.3 Å². The second-order valence-electron chi connectivity index (χ2n) is 8.47. The molecule has 3 heterocycles. The molecule has 0 saturated carbocycles. The number of hydrogen-bond donors (Lipinski definition) is 1. The average molecular weight is 489 g/mol. The normalized spacial score (nSPS) is 14.8. The van der Waals surface area contributed by atoms with Gasteiger partial charge in [0.1, 0.15) is 11.6 Å². The Hall–Kier alpha value is -4.34. The number of ether oxygens (including phenoxy) is 2. The van der Waals surface area contributed by atoms with Crippen molar-refractivity contribution in [3.8, 4) is 28.7 Å². The van der Waals surface area contributed by atoms with Crippen molar-refractivity contribution >= 4 is 11.7 Å². The number of aromatic nitrogens is 5. The van der Waals surface area contributed by atoms with Gasteiger partial charge < -0.3 is 14.8 Å². The number of hydrogen-bond acceptors (Lipinski definition) is 7. The molecule has 1 aliphatic rings. The van der Waals surface area contributed by atoms with Crippen LogP contribution in [-0.2, 0) is 4.79 Å². The first kappa shape index (κ1) is 23.4. The standard InChI is InChI=1S/C26H25FN6O3/c1-4-11-36-22-12-17(7-10-21(22)35-3)19-13-23(34)30-25-24(19)15(2)32-33(25)26-29-20(14-28-31-26)16-5-8-18(27)9-6-16/h5-10,12,14,19H,4,11,13H2,1-3H3,(H,30,34)/t19-/m0/s1. The van der Waals surface area contributed by atoms with Gasteiger partial charge in [0.05, 0.1) is 31.3 Å². The molecular weight excluding hydrogens is 463 g/mol. The molecule has 0 radical (unpaired) electrons. The summed E-state index contributed by atoms with van der Waals surface area (Å²) in [5.41, 5.74) is 3.72. The molecule has 0 bridgehead atoms. The Morgan fingerprint density at radius 3 is 2.72 bits per heavy atom. The molecule has 2 aromatic carbocycles. The third kappa shape index (κ3) is 4.37. The van der Waals surface area contributed by atoms with Gasteiger partial charge in [-0.15, -0.1) is 5.10 Å². The van der Waals surface area contributed by atoms with Crippen molar-refractivity contribution in [2.75, 3.05) is 19.0 Å². The van der Waals surface area contributed by atoms with Gasteiger partial charge >= 0.3 is 0 Å². The van der Waals surface area contributed by atoms with Gasteiger partial charge in [0.15, 0.2) is 11.5 Å². The second-order valence-corrected chi connectivity index (χ2v) is 8.47. The lowest BCUT2D eigenvalue weighted by Gasteiger charge is -2.25. The largest absolute Gasteiger partial charge is 0.493 e. The van der Waals surface area contributed by atoms with Crippen LogP contribution in [0.3, 0.4) is 0 Å². The first-order valence-electron chi connectivity index (χ1n) is 11.6. The Balaban J connectivity index is 1.57. The van der Waals surface area contributed by atoms with E-state index in [1.807, 2.05) is 32.0 Å². The Morgan fingerprint density at radius 2 is 1.97 bits per heavy atom. The summed E-state index contributed by atoms with van der Waals surface area (Å²) in [6.07, 6.45) is 2.62. The maximum atomic E-state index is 13.4. The molecule has 0 fully saturated rings. The molecule has 1 N–H and O–H groups in total. The van der Waals surface area contributed by atoms with Crippen LogP contribution in [0.5, 0.6) is 11.5 Å². The predicted octanol–water partition coefficient (Wildman–Crippen LogP) is 4.44. The topological polar surface area (TPSA) is 104 Å². The number of carbonyl (C=O) groups excluding carboxylic acids is 1. The van der Waals surface area contributed by atoms with Gasteiger partial charge in [0.2, 0.25) is 5.91 Å². The van der Waals surface area contributed by atoms with Gasteiger partial charge in [-0.1, -0.05) is 13.0 Å². The van der Waals surface area contributed by atoms with Crippen LogP contribution in [0.1, 0.15) is 42.5 Å². The van der Waals surface area contributed by atoms with Crippen molar-refractivity contribution in [1.82, 2.24) is 25.0 Å². The highest BCUT2D eigenvalue weighted by molar-refractivity contribution is 5.95. The second kappa shape index (κ2) is 9.73. The fraction of sp³-hybridized carbons (Fsp3) is 0.269. The maximum Gasteiger partial charge on any atom is 0.272 e. The summed E-state index contributed by atoms with van der Waals surface area (Å²) in [6, 6.07) is 11.7. The van der Waals surface area contributed by atoms with Crippen molar-refractivity contribution in [3.05, 3.63) is 71.3 Å². The summed E-state index contributed by atoms with van der Waals surface area (Å²) in [5.74, 6) is 1.23. The number of aryl methyl sites for hydroxylation is 1. The third-order valence-electron chi connectivity index (χ3n) is 6.03. The average Bonchev–Trinajstić information content (AvgIpc) is 3.23. The number of halogens is 1. The number of methoxy groups -OCH3 is 1. The van der Waals surface area contributed by atoms with E-state index in [0.717, 1.165) is 23.2 Å². The minimum Gasteiger partial charge on any atom is -0.493 e. The van der Waals surface area contributed by atoms with Crippen LogP contribution in [0.25, 0.3) is 17.2 Å². The number of rotatable bonds is 7. The van der Waals surface area contributed by atoms with E-state index >= 15 is 0 Å². The maximum absolute atomic E-state index is 13.4. The summed E-state index contributed by atoms with van der Waals surface area (Å²) in [6.45, 7) is 4.48.